The molecule has 0 unspecified atom stereocenters. The minimum atomic E-state index is 0.199. The Labute approximate surface area is 103 Å². The lowest BCUT2D eigenvalue weighted by Crippen LogP contribution is -2.12. The van der Waals surface area contributed by atoms with Gasteiger partial charge in [0.05, 0.1) is 12.2 Å². The van der Waals surface area contributed by atoms with Crippen LogP contribution < -0.4 is 5.73 Å². The Kier molecular flexibility index (Phi) is 2.91. The van der Waals surface area contributed by atoms with Crippen LogP contribution in [0.5, 0.6) is 0 Å². The van der Waals surface area contributed by atoms with Crippen molar-refractivity contribution in [1.82, 2.24) is 9.55 Å². The number of nitrogen functional groups attached to an aromatic ring is 1. The summed E-state index contributed by atoms with van der Waals surface area (Å²) in [6, 6.07) is 0. The Morgan fingerprint density at radius 2 is 2.12 bits per heavy atom. The summed E-state index contributed by atoms with van der Waals surface area (Å²) in [5.41, 5.74) is 7.38. The molecule has 3 heteroatoms. The summed E-state index contributed by atoms with van der Waals surface area (Å²) in [6.07, 6.45) is 8.74. The highest BCUT2D eigenvalue weighted by atomic mass is 15.1. The molecule has 0 amide bonds. The van der Waals surface area contributed by atoms with Crippen LogP contribution in [-0.2, 0) is 13.0 Å². The van der Waals surface area contributed by atoms with Crippen molar-refractivity contribution in [2.45, 2.75) is 52.5 Å². The number of anilines is 1. The zero-order chi connectivity index (χ0) is 12.6. The lowest BCUT2D eigenvalue weighted by molar-refractivity contribution is 0.407. The molecule has 0 spiro atoms. The molecule has 0 radical (unpaired) electrons. The van der Waals surface area contributed by atoms with Gasteiger partial charge in [0.2, 0.25) is 0 Å². The van der Waals surface area contributed by atoms with Gasteiger partial charge in [-0.05, 0) is 24.7 Å². The van der Waals surface area contributed by atoms with Gasteiger partial charge < -0.3 is 10.3 Å². The number of nitrogens with two attached hydrogens (primary N) is 1. The second-order valence-corrected chi connectivity index (χ2v) is 6.10. The number of aromatic nitrogens is 2. The number of terminal acetylenes is 1. The largest absolute Gasteiger partial charge is 0.384 e. The molecule has 1 fully saturated rings. The molecule has 17 heavy (non-hydrogen) atoms. The molecule has 1 aromatic rings. The molecule has 92 valence electrons. The molecule has 0 bridgehead atoms. The molecule has 0 atom stereocenters. The van der Waals surface area contributed by atoms with Gasteiger partial charge in [-0.2, -0.15) is 0 Å². The summed E-state index contributed by atoms with van der Waals surface area (Å²) in [7, 11) is 0. The molecule has 1 aromatic heterocycles. The Hall–Kier alpha value is -1.43. The summed E-state index contributed by atoms with van der Waals surface area (Å²) < 4.78 is 2.01. The van der Waals surface area contributed by atoms with Gasteiger partial charge in [0.15, 0.2) is 0 Å². The highest BCUT2D eigenvalue weighted by Crippen LogP contribution is 2.41. The van der Waals surface area contributed by atoms with Crippen molar-refractivity contribution in [3.8, 4) is 12.3 Å². The molecule has 0 aliphatic heterocycles. The Morgan fingerprint density at radius 3 is 2.59 bits per heavy atom. The average molecular weight is 231 g/mol. The van der Waals surface area contributed by atoms with Crippen molar-refractivity contribution in [1.29, 1.82) is 0 Å². The van der Waals surface area contributed by atoms with E-state index in [9.17, 15) is 0 Å². The van der Waals surface area contributed by atoms with E-state index in [1.54, 1.807) is 0 Å². The van der Waals surface area contributed by atoms with Crippen LogP contribution in [0.3, 0.4) is 0 Å². The summed E-state index contributed by atoms with van der Waals surface area (Å²) in [5.74, 6) is 5.11. The van der Waals surface area contributed by atoms with Crippen molar-refractivity contribution >= 4 is 5.82 Å². The highest BCUT2D eigenvalue weighted by molar-refractivity contribution is 5.41. The molecule has 1 aliphatic carbocycles. The first-order chi connectivity index (χ1) is 7.92. The number of hydrogen-bond acceptors (Lipinski definition) is 2. The fourth-order valence-electron chi connectivity index (χ4n) is 2.08. The first-order valence-electron chi connectivity index (χ1n) is 6.20. The molecule has 2 N–H and O–H groups in total. The summed E-state index contributed by atoms with van der Waals surface area (Å²) in [6.45, 7) is 7.13. The van der Waals surface area contributed by atoms with Gasteiger partial charge in [-0.25, -0.2) is 4.98 Å². The van der Waals surface area contributed by atoms with Crippen molar-refractivity contribution in [2.24, 2.45) is 5.41 Å². The van der Waals surface area contributed by atoms with Gasteiger partial charge in [0, 0.05) is 5.92 Å². The smallest absolute Gasteiger partial charge is 0.127 e. The first-order valence-corrected chi connectivity index (χ1v) is 6.20. The number of hydrogen-bond donors (Lipinski definition) is 1. The van der Waals surface area contributed by atoms with E-state index < -0.39 is 0 Å². The zero-order valence-electron chi connectivity index (χ0n) is 11.0. The van der Waals surface area contributed by atoms with Gasteiger partial charge in [0.1, 0.15) is 11.6 Å². The SMILES string of the molecule is C#CCn1c(C2CC2)nc(CC(C)(C)C)c1N. The standard InChI is InChI=1S/C14H21N3/c1-5-8-17-12(15)11(9-14(2,3)4)16-13(17)10-6-7-10/h1,10H,6-9,15H2,2-4H3. The van der Waals surface area contributed by atoms with Gasteiger partial charge in [-0.3, -0.25) is 0 Å². The van der Waals surface area contributed by atoms with E-state index in [-0.39, 0.29) is 5.41 Å². The summed E-state index contributed by atoms with van der Waals surface area (Å²) >= 11 is 0. The van der Waals surface area contributed by atoms with Crippen LogP contribution in [0.1, 0.15) is 51.0 Å². The van der Waals surface area contributed by atoms with Gasteiger partial charge in [0.25, 0.3) is 0 Å². The lowest BCUT2D eigenvalue weighted by Gasteiger charge is -2.16. The van der Waals surface area contributed by atoms with Crippen LogP contribution in [0.2, 0.25) is 0 Å². The molecular weight excluding hydrogens is 210 g/mol. The second-order valence-electron chi connectivity index (χ2n) is 6.10. The highest BCUT2D eigenvalue weighted by Gasteiger charge is 2.31. The normalized spacial score (nSPS) is 15.9. The van der Waals surface area contributed by atoms with Crippen molar-refractivity contribution < 1.29 is 0 Å². The fraction of sp³-hybridized carbons (Fsp3) is 0.643. The van der Waals surface area contributed by atoms with Crippen LogP contribution in [0, 0.1) is 17.8 Å². The van der Waals surface area contributed by atoms with Crippen molar-refractivity contribution in [2.75, 3.05) is 5.73 Å². The minimum absolute atomic E-state index is 0.199. The van der Waals surface area contributed by atoms with Gasteiger partial charge in [-0.1, -0.05) is 26.7 Å². The molecular formula is C14H21N3. The Balaban J connectivity index is 2.34. The van der Waals surface area contributed by atoms with E-state index in [0.717, 1.165) is 23.8 Å². The van der Waals surface area contributed by atoms with E-state index in [2.05, 4.69) is 26.7 Å². The van der Waals surface area contributed by atoms with E-state index in [1.807, 2.05) is 4.57 Å². The summed E-state index contributed by atoms with van der Waals surface area (Å²) in [4.78, 5) is 4.72. The quantitative estimate of drug-likeness (QED) is 0.812. The number of imidazole rings is 1. The molecule has 1 heterocycles. The van der Waals surface area contributed by atoms with E-state index in [1.165, 1.54) is 12.8 Å². The Bertz CT molecular complexity index is 453. The van der Waals surface area contributed by atoms with Gasteiger partial charge >= 0.3 is 0 Å². The topological polar surface area (TPSA) is 43.8 Å². The molecule has 0 aromatic carbocycles. The van der Waals surface area contributed by atoms with Crippen LogP contribution in [0.15, 0.2) is 0 Å². The monoisotopic (exact) mass is 231 g/mol. The van der Waals surface area contributed by atoms with Gasteiger partial charge in [-0.15, -0.1) is 6.42 Å². The number of nitrogens with zero attached hydrogens (tertiary/aromatic N) is 2. The van der Waals surface area contributed by atoms with E-state index >= 15 is 0 Å². The zero-order valence-corrected chi connectivity index (χ0v) is 11.0. The van der Waals surface area contributed by atoms with Crippen LogP contribution >= 0.6 is 0 Å². The van der Waals surface area contributed by atoms with E-state index in [0.29, 0.717) is 12.5 Å². The lowest BCUT2D eigenvalue weighted by atomic mass is 9.90. The van der Waals surface area contributed by atoms with Crippen LogP contribution in [0.25, 0.3) is 0 Å². The van der Waals surface area contributed by atoms with Crippen molar-refractivity contribution in [3.63, 3.8) is 0 Å². The fourth-order valence-corrected chi connectivity index (χ4v) is 2.08. The van der Waals surface area contributed by atoms with Crippen LogP contribution in [0.4, 0.5) is 5.82 Å². The average Bonchev–Trinajstić information content (AvgIpc) is 2.98. The predicted octanol–water partition coefficient (Wildman–Crippen LogP) is 2.56. The maximum atomic E-state index is 6.17. The third-order valence-electron chi connectivity index (χ3n) is 3.00. The second kappa shape index (κ2) is 4.10. The maximum Gasteiger partial charge on any atom is 0.127 e. The molecule has 1 saturated carbocycles. The predicted molar refractivity (Wildman–Crippen MR) is 70.6 cm³/mol. The third kappa shape index (κ3) is 2.63. The maximum absolute atomic E-state index is 6.17. The minimum Gasteiger partial charge on any atom is -0.384 e. The van der Waals surface area contributed by atoms with Crippen molar-refractivity contribution in [3.05, 3.63) is 11.5 Å². The number of rotatable bonds is 3. The first kappa shape index (κ1) is 12.0. The Morgan fingerprint density at radius 1 is 1.47 bits per heavy atom. The summed E-state index contributed by atoms with van der Waals surface area (Å²) in [5, 5.41) is 0. The molecule has 0 saturated heterocycles. The molecule has 3 nitrogen and oxygen atoms in total. The van der Waals surface area contributed by atoms with Crippen LogP contribution in [-0.4, -0.2) is 9.55 Å². The third-order valence-corrected chi connectivity index (χ3v) is 3.00. The molecule has 1 aliphatic rings. The molecule has 2 rings (SSSR count). The van der Waals surface area contributed by atoms with E-state index in [4.69, 9.17) is 17.1 Å².